The van der Waals surface area contributed by atoms with Gasteiger partial charge < -0.3 is 9.47 Å². The van der Waals surface area contributed by atoms with Crippen LogP contribution in [-0.2, 0) is 13.0 Å². The lowest BCUT2D eigenvalue weighted by molar-refractivity contribution is 0.250. The molecule has 0 aromatic heterocycles. The van der Waals surface area contributed by atoms with Crippen molar-refractivity contribution in [1.82, 2.24) is 9.62 Å². The fourth-order valence-corrected chi connectivity index (χ4v) is 5.57. The van der Waals surface area contributed by atoms with Crippen molar-refractivity contribution < 1.29 is 9.47 Å². The highest BCUT2D eigenvalue weighted by atomic mass is 32.2. The molecule has 1 aliphatic heterocycles. The Morgan fingerprint density at radius 2 is 1.68 bits per heavy atom. The van der Waals surface area contributed by atoms with E-state index >= 15 is 0 Å². The van der Waals surface area contributed by atoms with Crippen molar-refractivity contribution in [3.05, 3.63) is 53.1 Å². The summed E-state index contributed by atoms with van der Waals surface area (Å²) in [5.74, 6) is 2.45. The molecule has 1 aliphatic carbocycles. The van der Waals surface area contributed by atoms with Crippen molar-refractivity contribution in [2.45, 2.75) is 62.3 Å². The summed E-state index contributed by atoms with van der Waals surface area (Å²) in [6, 6.07) is 13.5. The minimum absolute atomic E-state index is 0.788. The van der Waals surface area contributed by atoms with Crippen molar-refractivity contribution in [3.63, 3.8) is 0 Å². The summed E-state index contributed by atoms with van der Waals surface area (Å²) in [4.78, 5) is 3.85. The van der Waals surface area contributed by atoms with Gasteiger partial charge in [0.25, 0.3) is 0 Å². The summed E-state index contributed by atoms with van der Waals surface area (Å²) in [6.45, 7) is 4.23. The lowest BCUT2D eigenvalue weighted by atomic mass is 9.84. The second kappa shape index (κ2) is 11.3. The van der Waals surface area contributed by atoms with E-state index in [9.17, 15) is 0 Å². The van der Waals surface area contributed by atoms with E-state index in [1.165, 1.54) is 53.7 Å². The highest BCUT2D eigenvalue weighted by molar-refractivity contribution is 7.97. The molecule has 0 saturated heterocycles. The normalized spacial score (nSPS) is 17.4. The van der Waals surface area contributed by atoms with Crippen molar-refractivity contribution in [2.24, 2.45) is 0 Å². The quantitative estimate of drug-likeness (QED) is 0.394. The van der Waals surface area contributed by atoms with Crippen molar-refractivity contribution >= 4 is 11.9 Å². The van der Waals surface area contributed by atoms with Gasteiger partial charge in [-0.15, -0.1) is 0 Å². The lowest BCUT2D eigenvalue weighted by Crippen LogP contribution is -2.32. The highest BCUT2D eigenvalue weighted by Gasteiger charge is 2.19. The zero-order valence-corrected chi connectivity index (χ0v) is 19.8. The molecule has 2 aromatic carbocycles. The van der Waals surface area contributed by atoms with Gasteiger partial charge in [-0.2, -0.15) is 0 Å². The van der Waals surface area contributed by atoms with Crippen LogP contribution < -0.4 is 14.2 Å². The first-order chi connectivity index (χ1) is 15.3. The second-order valence-corrected chi connectivity index (χ2v) is 9.72. The largest absolute Gasteiger partial charge is 0.493 e. The number of nitrogens with zero attached hydrogens (tertiary/aromatic N) is 1. The molecular weight excluding hydrogens is 404 g/mol. The molecule has 2 aromatic rings. The predicted molar refractivity (Wildman–Crippen MR) is 129 cm³/mol. The molecule has 1 heterocycles. The monoisotopic (exact) mass is 440 g/mol. The summed E-state index contributed by atoms with van der Waals surface area (Å²) in [7, 11) is 3.41. The maximum absolute atomic E-state index is 5.48. The third-order valence-corrected chi connectivity index (χ3v) is 7.55. The summed E-state index contributed by atoms with van der Waals surface area (Å²) >= 11 is 1.76. The molecule has 1 fully saturated rings. The molecule has 5 heteroatoms. The van der Waals surface area contributed by atoms with Gasteiger partial charge in [-0.25, -0.2) is 0 Å². The van der Waals surface area contributed by atoms with E-state index < -0.39 is 0 Å². The number of hydrogen-bond acceptors (Lipinski definition) is 5. The van der Waals surface area contributed by atoms with Crippen LogP contribution in [0.4, 0.5) is 0 Å². The minimum Gasteiger partial charge on any atom is -0.493 e. The Morgan fingerprint density at radius 1 is 0.968 bits per heavy atom. The number of nitrogens with one attached hydrogen (secondary N) is 1. The molecule has 4 nitrogen and oxygen atoms in total. The second-order valence-electron chi connectivity index (χ2n) is 8.76. The molecular formula is C26H36N2O2S. The fourth-order valence-electron chi connectivity index (χ4n) is 4.89. The topological polar surface area (TPSA) is 33.7 Å². The van der Waals surface area contributed by atoms with Gasteiger partial charge in [0.15, 0.2) is 11.5 Å². The molecule has 0 spiro atoms. The first-order valence-corrected chi connectivity index (χ1v) is 12.5. The summed E-state index contributed by atoms with van der Waals surface area (Å²) in [6.07, 6.45) is 9.17. The maximum atomic E-state index is 5.48. The predicted octanol–water partition coefficient (Wildman–Crippen LogP) is 5.80. The van der Waals surface area contributed by atoms with E-state index in [4.69, 9.17) is 9.47 Å². The minimum atomic E-state index is 0.788. The first-order valence-electron chi connectivity index (χ1n) is 11.7. The van der Waals surface area contributed by atoms with Crippen molar-refractivity contribution in [2.75, 3.05) is 33.9 Å². The van der Waals surface area contributed by atoms with E-state index in [1.807, 2.05) is 0 Å². The average molecular weight is 441 g/mol. The Morgan fingerprint density at radius 3 is 2.39 bits per heavy atom. The molecule has 0 unspecified atom stereocenters. The number of hydrogen-bond donors (Lipinski definition) is 1. The number of fused-ring (bicyclic) bond motifs is 1. The summed E-state index contributed by atoms with van der Waals surface area (Å²) in [5, 5.41) is 0. The SMILES string of the molecule is COc1cc2c(cc1OC)CN(CCCNSc1ccc(C3CCCCC3)cc1)CC2. The molecule has 4 rings (SSSR count). The maximum Gasteiger partial charge on any atom is 0.161 e. The van der Waals surface area contributed by atoms with Gasteiger partial charge in [0.05, 0.1) is 14.2 Å². The molecule has 168 valence electrons. The Balaban J connectivity index is 1.18. The van der Waals surface area contributed by atoms with E-state index in [0.29, 0.717) is 0 Å². The van der Waals surface area contributed by atoms with E-state index in [1.54, 1.807) is 26.2 Å². The van der Waals surface area contributed by atoms with Gasteiger partial charge in [0, 0.05) is 24.5 Å². The molecule has 0 atom stereocenters. The molecule has 1 saturated carbocycles. The Labute approximate surface area is 191 Å². The van der Waals surface area contributed by atoms with Crippen LogP contribution in [0.3, 0.4) is 0 Å². The Bertz CT molecular complexity index is 834. The van der Waals surface area contributed by atoms with Crippen LogP contribution in [0, 0.1) is 0 Å². The third kappa shape index (κ3) is 5.97. The van der Waals surface area contributed by atoms with Gasteiger partial charge in [0.2, 0.25) is 0 Å². The first kappa shape index (κ1) is 22.5. The number of ether oxygens (including phenoxy) is 2. The summed E-state index contributed by atoms with van der Waals surface area (Å²) < 4.78 is 14.5. The molecule has 1 N–H and O–H groups in total. The Kier molecular flexibility index (Phi) is 8.17. The molecule has 2 aliphatic rings. The number of benzene rings is 2. The van der Waals surface area contributed by atoms with Crippen LogP contribution in [-0.4, -0.2) is 38.8 Å². The Hall–Kier alpha value is -1.69. The zero-order chi connectivity index (χ0) is 21.5. The van der Waals surface area contributed by atoms with Gasteiger partial charge in [-0.3, -0.25) is 9.62 Å². The van der Waals surface area contributed by atoms with E-state index in [2.05, 4.69) is 46.0 Å². The highest BCUT2D eigenvalue weighted by Crippen LogP contribution is 2.34. The van der Waals surface area contributed by atoms with Gasteiger partial charge >= 0.3 is 0 Å². The van der Waals surface area contributed by atoms with Crippen LogP contribution in [0.15, 0.2) is 41.3 Å². The fraction of sp³-hybridized carbons (Fsp3) is 0.538. The van der Waals surface area contributed by atoms with Gasteiger partial charge in [-0.05, 0) is 91.0 Å². The van der Waals surface area contributed by atoms with Crippen LogP contribution in [0.1, 0.15) is 61.1 Å². The average Bonchev–Trinajstić information content (AvgIpc) is 2.83. The zero-order valence-electron chi connectivity index (χ0n) is 19.0. The van der Waals surface area contributed by atoms with Gasteiger partial charge in [-0.1, -0.05) is 31.4 Å². The standard InChI is InChI=1S/C26H36N2O2S/c1-29-25-17-22-13-16-28(19-23(22)18-26(25)30-2)15-6-14-27-31-24-11-9-21(10-12-24)20-7-4-3-5-8-20/h9-12,17-18,20,27H,3-8,13-16,19H2,1-2H3. The molecule has 31 heavy (non-hydrogen) atoms. The third-order valence-electron chi connectivity index (χ3n) is 6.70. The number of rotatable bonds is 9. The van der Waals surface area contributed by atoms with Crippen molar-refractivity contribution in [1.29, 1.82) is 0 Å². The van der Waals surface area contributed by atoms with Crippen LogP contribution in [0.5, 0.6) is 11.5 Å². The van der Waals surface area contributed by atoms with Crippen molar-refractivity contribution in [3.8, 4) is 11.5 Å². The summed E-state index contributed by atoms with van der Waals surface area (Å²) in [5.41, 5.74) is 4.28. The molecule has 0 bridgehead atoms. The van der Waals surface area contributed by atoms with E-state index in [0.717, 1.165) is 56.4 Å². The smallest absolute Gasteiger partial charge is 0.161 e. The van der Waals surface area contributed by atoms with E-state index in [-0.39, 0.29) is 0 Å². The number of methoxy groups -OCH3 is 2. The molecule has 0 amide bonds. The van der Waals surface area contributed by atoms with Crippen LogP contribution in [0.25, 0.3) is 0 Å². The lowest BCUT2D eigenvalue weighted by Gasteiger charge is -2.29. The van der Waals surface area contributed by atoms with Gasteiger partial charge in [0.1, 0.15) is 0 Å². The van der Waals surface area contributed by atoms with Crippen LogP contribution in [0.2, 0.25) is 0 Å². The molecule has 0 radical (unpaired) electrons. The van der Waals surface area contributed by atoms with Crippen LogP contribution >= 0.6 is 11.9 Å².